The van der Waals surface area contributed by atoms with Gasteiger partial charge in [0.05, 0.1) is 18.3 Å². The van der Waals surface area contributed by atoms with Gasteiger partial charge in [-0.25, -0.2) is 4.52 Å². The second kappa shape index (κ2) is 10.7. The maximum absolute atomic E-state index is 12.3. The Morgan fingerprint density at radius 1 is 1.13 bits per heavy atom. The van der Waals surface area contributed by atoms with E-state index in [9.17, 15) is 4.79 Å². The minimum Gasteiger partial charge on any atom is -0.420 e. The van der Waals surface area contributed by atoms with Gasteiger partial charge in [-0.05, 0) is 38.1 Å². The van der Waals surface area contributed by atoms with Crippen molar-refractivity contribution in [2.45, 2.75) is 25.2 Å². The molecule has 0 atom stereocenters. The number of nitrogens with zero attached hydrogens (tertiary/aromatic N) is 5. The smallest absolute Gasteiger partial charge is 0.253 e. The fraction of sp³-hybridized carbons (Fsp3) is 0.316. The molecule has 166 valence electrons. The number of rotatable bonds is 4. The van der Waals surface area contributed by atoms with Crippen LogP contribution < -0.4 is 10.9 Å². The van der Waals surface area contributed by atoms with Crippen LogP contribution in [0.3, 0.4) is 0 Å². The number of hydrogen-bond acceptors (Lipinski definition) is 7. The number of piperidine rings is 1. The molecule has 0 bridgehead atoms. The van der Waals surface area contributed by atoms with Crippen molar-refractivity contribution in [3.63, 3.8) is 0 Å². The first-order valence-corrected chi connectivity index (χ1v) is 9.32. The topological polar surface area (TPSA) is 114 Å². The van der Waals surface area contributed by atoms with Gasteiger partial charge in [0.15, 0.2) is 0 Å². The van der Waals surface area contributed by atoms with Gasteiger partial charge < -0.3 is 14.7 Å². The molecule has 2 N–H and O–H groups in total. The number of H-pyrrole nitrogens is 1. The maximum Gasteiger partial charge on any atom is 0.253 e. The highest BCUT2D eigenvalue weighted by atomic mass is 35.5. The van der Waals surface area contributed by atoms with E-state index in [1.807, 2.05) is 18.2 Å². The number of pyridine rings is 1. The lowest BCUT2D eigenvalue weighted by atomic mass is 9.94. The van der Waals surface area contributed by atoms with Crippen LogP contribution in [0.25, 0.3) is 17.1 Å². The molecule has 4 aromatic rings. The normalized spacial score (nSPS) is 13.8. The number of fused-ring (bicyclic) bond motifs is 1. The molecule has 0 aromatic carbocycles. The van der Waals surface area contributed by atoms with Crippen LogP contribution in [0.2, 0.25) is 0 Å². The lowest BCUT2D eigenvalue weighted by molar-refractivity contribution is 0.446. The van der Waals surface area contributed by atoms with Crippen LogP contribution in [0.4, 0.5) is 0 Å². The van der Waals surface area contributed by atoms with Gasteiger partial charge in [0, 0.05) is 23.9 Å². The van der Waals surface area contributed by atoms with Gasteiger partial charge in [-0.1, -0.05) is 6.07 Å². The van der Waals surface area contributed by atoms with E-state index in [0.717, 1.165) is 37.3 Å². The Labute approximate surface area is 196 Å². The molecule has 0 amide bonds. The lowest BCUT2D eigenvalue weighted by Crippen LogP contribution is -2.28. The summed E-state index contributed by atoms with van der Waals surface area (Å²) in [4.78, 5) is 19.4. The fourth-order valence-electron chi connectivity index (χ4n) is 3.67. The zero-order chi connectivity index (χ0) is 18.9. The first-order valence-electron chi connectivity index (χ1n) is 9.32. The van der Waals surface area contributed by atoms with E-state index in [0.29, 0.717) is 35.3 Å². The minimum atomic E-state index is -0.156. The molecule has 0 spiro atoms. The molecule has 1 aliphatic heterocycles. The molecule has 31 heavy (non-hydrogen) atoms. The average Bonchev–Trinajstić information content (AvgIpc) is 3.35. The van der Waals surface area contributed by atoms with E-state index in [1.54, 1.807) is 23.0 Å². The Morgan fingerprint density at radius 3 is 2.68 bits per heavy atom. The lowest BCUT2D eigenvalue weighted by Gasteiger charge is -2.23. The molecule has 5 rings (SSSR count). The summed E-state index contributed by atoms with van der Waals surface area (Å²) in [5, 5.41) is 16.1. The van der Waals surface area contributed by atoms with Crippen molar-refractivity contribution >= 4 is 42.9 Å². The molecule has 5 heterocycles. The van der Waals surface area contributed by atoms with Crippen LogP contribution in [0.5, 0.6) is 0 Å². The Morgan fingerprint density at radius 2 is 1.94 bits per heavy atom. The molecule has 1 saturated heterocycles. The average molecular weight is 487 g/mol. The Bertz CT molecular complexity index is 1170. The summed E-state index contributed by atoms with van der Waals surface area (Å²) in [5.41, 5.74) is 2.80. The molecule has 0 aliphatic carbocycles. The van der Waals surface area contributed by atoms with Crippen LogP contribution in [0, 0.1) is 0 Å². The largest absolute Gasteiger partial charge is 0.420 e. The van der Waals surface area contributed by atoms with Crippen molar-refractivity contribution in [1.82, 2.24) is 35.1 Å². The van der Waals surface area contributed by atoms with Gasteiger partial charge >= 0.3 is 0 Å². The summed E-state index contributed by atoms with van der Waals surface area (Å²) >= 11 is 0. The zero-order valence-electron chi connectivity index (χ0n) is 16.4. The predicted octanol–water partition coefficient (Wildman–Crippen LogP) is 2.79. The SMILES string of the molecule is Cl.Cl.Cl.O=c1cc(C2CCNCC2)n2ncc(-c3nnc(Cc4ccccn4)o3)c2[nH]1. The third-order valence-electron chi connectivity index (χ3n) is 5.05. The minimum absolute atomic E-state index is 0. The molecular weight excluding hydrogens is 465 g/mol. The first-order chi connectivity index (χ1) is 13.8. The van der Waals surface area contributed by atoms with Crippen molar-refractivity contribution in [3.8, 4) is 11.5 Å². The van der Waals surface area contributed by atoms with Gasteiger partial charge in [0.2, 0.25) is 5.89 Å². The van der Waals surface area contributed by atoms with Crippen LogP contribution in [0.1, 0.15) is 36.0 Å². The quantitative estimate of drug-likeness (QED) is 0.456. The molecule has 0 radical (unpaired) electrons. The van der Waals surface area contributed by atoms with Crippen LogP contribution in [-0.4, -0.2) is 42.9 Å². The second-order valence-electron chi connectivity index (χ2n) is 6.90. The van der Waals surface area contributed by atoms with Crippen molar-refractivity contribution in [2.75, 3.05) is 13.1 Å². The van der Waals surface area contributed by atoms with Crippen molar-refractivity contribution in [3.05, 3.63) is 64.3 Å². The Balaban J connectivity index is 0.00000114. The number of aromatic amines is 1. The highest BCUT2D eigenvalue weighted by Crippen LogP contribution is 2.28. The van der Waals surface area contributed by atoms with E-state index >= 15 is 0 Å². The molecule has 1 aliphatic rings. The number of hydrogen-bond donors (Lipinski definition) is 2. The van der Waals surface area contributed by atoms with E-state index in [1.165, 1.54) is 0 Å². The molecular formula is C19H22Cl3N7O2. The van der Waals surface area contributed by atoms with Gasteiger partial charge in [-0.3, -0.25) is 9.78 Å². The summed E-state index contributed by atoms with van der Waals surface area (Å²) in [6.45, 7) is 1.88. The van der Waals surface area contributed by atoms with E-state index in [-0.39, 0.29) is 42.8 Å². The summed E-state index contributed by atoms with van der Waals surface area (Å²) in [7, 11) is 0. The third kappa shape index (κ3) is 5.07. The van der Waals surface area contributed by atoms with Gasteiger partial charge in [0.1, 0.15) is 11.2 Å². The van der Waals surface area contributed by atoms with Gasteiger partial charge in [-0.15, -0.1) is 47.4 Å². The van der Waals surface area contributed by atoms with Crippen LogP contribution in [-0.2, 0) is 6.42 Å². The molecule has 1 fully saturated rings. The molecule has 4 aromatic heterocycles. The summed E-state index contributed by atoms with van der Waals surface area (Å²) in [5.74, 6) is 1.09. The number of aromatic nitrogens is 6. The van der Waals surface area contributed by atoms with E-state index in [2.05, 4.69) is 30.6 Å². The molecule has 0 unspecified atom stereocenters. The predicted molar refractivity (Wildman–Crippen MR) is 123 cm³/mol. The summed E-state index contributed by atoms with van der Waals surface area (Å²) in [6, 6.07) is 7.32. The molecule has 9 nitrogen and oxygen atoms in total. The van der Waals surface area contributed by atoms with E-state index < -0.39 is 0 Å². The van der Waals surface area contributed by atoms with Crippen molar-refractivity contribution in [2.24, 2.45) is 0 Å². The van der Waals surface area contributed by atoms with Crippen LogP contribution >= 0.6 is 37.2 Å². The number of nitrogens with one attached hydrogen (secondary N) is 2. The standard InChI is InChI=1S/C19H19N7O2.3ClH/c27-16-10-15(12-4-7-20-8-5-12)26-18(23-16)14(11-22-26)19-25-24-17(28-19)9-13-3-1-2-6-21-13;;;/h1-3,6,10-12,20H,4-5,7-9H2,(H,23,27);3*1H. The summed E-state index contributed by atoms with van der Waals surface area (Å²) in [6.07, 6.45) is 5.79. The fourth-order valence-corrected chi connectivity index (χ4v) is 3.67. The highest BCUT2D eigenvalue weighted by molar-refractivity contribution is 5.86. The first kappa shape index (κ1) is 24.8. The highest BCUT2D eigenvalue weighted by Gasteiger charge is 2.22. The van der Waals surface area contributed by atoms with E-state index in [4.69, 9.17) is 4.42 Å². The van der Waals surface area contributed by atoms with Crippen molar-refractivity contribution < 1.29 is 4.42 Å². The Kier molecular flexibility index (Phi) is 8.58. The zero-order valence-corrected chi connectivity index (χ0v) is 18.8. The monoisotopic (exact) mass is 485 g/mol. The van der Waals surface area contributed by atoms with Crippen LogP contribution in [0.15, 0.2) is 45.9 Å². The maximum atomic E-state index is 12.3. The van der Waals surface area contributed by atoms with Crippen molar-refractivity contribution in [1.29, 1.82) is 0 Å². The third-order valence-corrected chi connectivity index (χ3v) is 5.05. The molecule has 0 saturated carbocycles. The number of halogens is 3. The second-order valence-corrected chi connectivity index (χ2v) is 6.90. The van der Waals surface area contributed by atoms with Gasteiger partial charge in [0.25, 0.3) is 11.4 Å². The Hall–Kier alpha value is -2.46. The molecule has 12 heteroatoms. The van der Waals surface area contributed by atoms with Gasteiger partial charge in [-0.2, -0.15) is 5.10 Å². The summed E-state index contributed by atoms with van der Waals surface area (Å²) < 4.78 is 7.60.